The van der Waals surface area contributed by atoms with E-state index in [1.165, 1.54) is 0 Å². The maximum atomic E-state index is 13.0. The third kappa shape index (κ3) is 4.94. The Balaban J connectivity index is 2.52. The third-order valence-electron chi connectivity index (χ3n) is 4.86. The lowest BCUT2D eigenvalue weighted by molar-refractivity contribution is 0.437. The predicted molar refractivity (Wildman–Crippen MR) is 115 cm³/mol. The van der Waals surface area contributed by atoms with Gasteiger partial charge < -0.3 is 4.42 Å². The summed E-state index contributed by atoms with van der Waals surface area (Å²) in [5.74, 6) is 0.273. The average molecular weight is 414 g/mol. The van der Waals surface area contributed by atoms with Crippen molar-refractivity contribution in [2.45, 2.75) is 97.1 Å². The smallest absolute Gasteiger partial charge is 0.316 e. The van der Waals surface area contributed by atoms with Gasteiger partial charge in [0.2, 0.25) is 9.84 Å². The maximum absolute atomic E-state index is 13.0. The van der Waals surface area contributed by atoms with E-state index in [4.69, 9.17) is 4.42 Å². The topological polar surface area (TPSA) is 60.2 Å². The Morgan fingerprint density at radius 1 is 1.04 bits per heavy atom. The van der Waals surface area contributed by atoms with Gasteiger partial charge in [0, 0.05) is 10.3 Å². The molecule has 2 heterocycles. The molecule has 0 amide bonds. The van der Waals surface area contributed by atoms with Crippen molar-refractivity contribution in [1.82, 2.24) is 4.98 Å². The largest absolute Gasteiger partial charge is 0.427 e. The summed E-state index contributed by atoms with van der Waals surface area (Å²) in [6.45, 7) is 16.9. The van der Waals surface area contributed by atoms with Gasteiger partial charge in [0.05, 0.1) is 10.6 Å². The Morgan fingerprint density at radius 3 is 2.11 bits per heavy atom. The van der Waals surface area contributed by atoms with Crippen molar-refractivity contribution >= 4 is 32.3 Å². The van der Waals surface area contributed by atoms with Gasteiger partial charge in [-0.25, -0.2) is 8.42 Å². The van der Waals surface area contributed by atoms with Crippen LogP contribution in [0.5, 0.6) is 0 Å². The van der Waals surface area contributed by atoms with E-state index in [0.717, 1.165) is 41.0 Å². The zero-order chi connectivity index (χ0) is 20.6. The summed E-state index contributed by atoms with van der Waals surface area (Å²) in [6.07, 6.45) is 3.92. The van der Waals surface area contributed by atoms with Gasteiger partial charge in [-0.1, -0.05) is 74.7 Å². The fourth-order valence-electron chi connectivity index (χ4n) is 3.22. The molecule has 0 aliphatic carbocycles. The molecule has 0 N–H and O–H groups in total. The lowest BCUT2D eigenvalue weighted by Gasteiger charge is -2.18. The molecule has 2 aromatic heterocycles. The lowest BCUT2D eigenvalue weighted by Crippen LogP contribution is -2.16. The Labute approximate surface area is 168 Å². The van der Waals surface area contributed by atoms with Crippen LogP contribution in [0.1, 0.15) is 90.8 Å². The number of hydrogen-bond donors (Lipinski definition) is 0. The minimum absolute atomic E-state index is 0.105. The summed E-state index contributed by atoms with van der Waals surface area (Å²) >= 11 is 1.69. The predicted octanol–water partition coefficient (Wildman–Crippen LogP) is 6.47. The van der Waals surface area contributed by atoms with Gasteiger partial charge in [-0.15, -0.1) is 11.3 Å². The molecular weight excluding hydrogens is 378 g/mol. The summed E-state index contributed by atoms with van der Waals surface area (Å²) in [6, 6.07) is 0. The molecule has 0 spiro atoms. The van der Waals surface area contributed by atoms with Crippen molar-refractivity contribution in [2.75, 3.05) is 5.75 Å². The van der Waals surface area contributed by atoms with Crippen LogP contribution in [-0.4, -0.2) is 19.2 Å². The van der Waals surface area contributed by atoms with E-state index in [1.807, 2.05) is 0 Å². The minimum atomic E-state index is -3.53. The van der Waals surface area contributed by atoms with Gasteiger partial charge >= 0.3 is 5.22 Å². The van der Waals surface area contributed by atoms with Crippen LogP contribution in [0.3, 0.4) is 0 Å². The molecule has 0 aliphatic heterocycles. The molecule has 2 rings (SSSR count). The Hall–Kier alpha value is -0.880. The second-order valence-corrected chi connectivity index (χ2v) is 12.5. The van der Waals surface area contributed by atoms with Gasteiger partial charge in [0.1, 0.15) is 5.52 Å². The molecule has 154 valence electrons. The monoisotopic (exact) mass is 413 g/mol. The maximum Gasteiger partial charge on any atom is 0.316 e. The summed E-state index contributed by atoms with van der Waals surface area (Å²) < 4.78 is 31.9. The number of sulfone groups is 1. The molecular formula is C21H35NO3S2. The van der Waals surface area contributed by atoms with Crippen LogP contribution in [0.4, 0.5) is 0 Å². The van der Waals surface area contributed by atoms with Gasteiger partial charge in [-0.05, 0) is 17.8 Å². The zero-order valence-electron chi connectivity index (χ0n) is 18.1. The number of thiophene rings is 1. The molecule has 6 heteroatoms. The van der Waals surface area contributed by atoms with Crippen molar-refractivity contribution in [1.29, 1.82) is 0 Å². The van der Waals surface area contributed by atoms with Gasteiger partial charge in [-0.2, -0.15) is 4.98 Å². The first-order chi connectivity index (χ1) is 12.3. The highest BCUT2D eigenvalue weighted by Crippen LogP contribution is 2.44. The van der Waals surface area contributed by atoms with E-state index in [0.29, 0.717) is 5.58 Å². The number of hydrogen-bond acceptors (Lipinski definition) is 5. The standard InChI is InChI=1S/C21H35NO3S2/c1-9-11-12-14(10-2)13-27(23,24)19-22-15-16(25-19)18(21(6,7)8)26-17(15)20(3,4)5/h14H,9-13H2,1-8H3. The van der Waals surface area contributed by atoms with E-state index in [1.54, 1.807) is 11.3 Å². The number of fused-ring (bicyclic) bond motifs is 1. The molecule has 0 radical (unpaired) electrons. The SMILES string of the molecule is CCCCC(CC)CS(=O)(=O)c1nc2c(C(C)(C)C)sc(C(C)(C)C)c2o1. The molecule has 4 nitrogen and oxygen atoms in total. The Bertz CT molecular complexity index is 831. The van der Waals surface area contributed by atoms with Gasteiger partial charge in [0.15, 0.2) is 5.58 Å². The number of aromatic nitrogens is 1. The van der Waals surface area contributed by atoms with Crippen LogP contribution in [-0.2, 0) is 20.7 Å². The zero-order valence-corrected chi connectivity index (χ0v) is 19.7. The second-order valence-electron chi connectivity index (χ2n) is 9.62. The van der Waals surface area contributed by atoms with E-state index in [-0.39, 0.29) is 27.7 Å². The molecule has 0 saturated carbocycles. The summed E-state index contributed by atoms with van der Waals surface area (Å²) in [4.78, 5) is 6.66. The van der Waals surface area contributed by atoms with Crippen molar-refractivity contribution in [2.24, 2.45) is 5.92 Å². The van der Waals surface area contributed by atoms with Crippen molar-refractivity contribution in [3.8, 4) is 0 Å². The molecule has 0 bridgehead atoms. The first-order valence-corrected chi connectivity index (χ1v) is 12.4. The first kappa shape index (κ1) is 22.4. The summed E-state index contributed by atoms with van der Waals surface area (Å²) in [7, 11) is -3.53. The normalized spacial score (nSPS) is 14.8. The van der Waals surface area contributed by atoms with Crippen LogP contribution < -0.4 is 0 Å². The molecule has 2 aromatic rings. The summed E-state index contributed by atoms with van der Waals surface area (Å²) in [5.41, 5.74) is 1.13. The average Bonchev–Trinajstić information content (AvgIpc) is 3.08. The Morgan fingerprint density at radius 2 is 1.63 bits per heavy atom. The van der Waals surface area contributed by atoms with Gasteiger partial charge in [0.25, 0.3) is 0 Å². The highest BCUT2D eigenvalue weighted by atomic mass is 32.2. The van der Waals surface area contributed by atoms with Crippen molar-refractivity contribution in [3.63, 3.8) is 0 Å². The van der Waals surface area contributed by atoms with E-state index in [9.17, 15) is 8.42 Å². The highest BCUT2D eigenvalue weighted by Gasteiger charge is 2.34. The quantitative estimate of drug-likeness (QED) is 0.521. The van der Waals surface area contributed by atoms with Gasteiger partial charge in [-0.3, -0.25) is 0 Å². The number of oxazole rings is 1. The minimum Gasteiger partial charge on any atom is -0.427 e. The fourth-order valence-corrected chi connectivity index (χ4v) is 6.11. The Kier molecular flexibility index (Phi) is 6.52. The van der Waals surface area contributed by atoms with Crippen LogP contribution in [0, 0.1) is 5.92 Å². The number of nitrogens with zero attached hydrogens (tertiary/aromatic N) is 1. The molecule has 0 aliphatic rings. The fraction of sp³-hybridized carbons (Fsp3) is 0.762. The highest BCUT2D eigenvalue weighted by molar-refractivity contribution is 7.91. The molecule has 1 unspecified atom stereocenters. The third-order valence-corrected chi connectivity index (χ3v) is 8.49. The summed E-state index contributed by atoms with van der Waals surface area (Å²) in [5, 5.41) is -0.105. The van der Waals surface area contributed by atoms with E-state index < -0.39 is 9.84 Å². The van der Waals surface area contributed by atoms with Crippen LogP contribution in [0.15, 0.2) is 9.64 Å². The number of rotatable bonds is 7. The first-order valence-electron chi connectivity index (χ1n) is 9.98. The second kappa shape index (κ2) is 7.86. The van der Waals surface area contributed by atoms with Crippen LogP contribution >= 0.6 is 11.3 Å². The van der Waals surface area contributed by atoms with E-state index in [2.05, 4.69) is 60.4 Å². The molecule has 0 fully saturated rings. The molecule has 0 saturated heterocycles. The molecule has 1 atom stereocenters. The lowest BCUT2D eigenvalue weighted by atomic mass is 9.92. The molecule has 27 heavy (non-hydrogen) atoms. The van der Waals surface area contributed by atoms with E-state index >= 15 is 0 Å². The van der Waals surface area contributed by atoms with Crippen molar-refractivity contribution < 1.29 is 12.8 Å². The molecule has 0 aromatic carbocycles. The number of unbranched alkanes of at least 4 members (excludes halogenated alkanes) is 1. The van der Waals surface area contributed by atoms with Crippen LogP contribution in [0.2, 0.25) is 0 Å². The van der Waals surface area contributed by atoms with Crippen molar-refractivity contribution in [3.05, 3.63) is 9.75 Å². The van der Waals surface area contributed by atoms with Crippen LogP contribution in [0.25, 0.3) is 11.1 Å².